The van der Waals surface area contributed by atoms with Crippen molar-refractivity contribution in [3.05, 3.63) is 58.6 Å². The van der Waals surface area contributed by atoms with E-state index in [1.54, 1.807) is 0 Å². The maximum Gasteiger partial charge on any atom is 0.189 e. The average molecular weight is 507 g/mol. The Morgan fingerprint density at radius 2 is 1.72 bits per heavy atom. The van der Waals surface area contributed by atoms with Gasteiger partial charge in [0.25, 0.3) is 0 Å². The van der Waals surface area contributed by atoms with Gasteiger partial charge in [0.1, 0.15) is 20.4 Å². The topological polar surface area (TPSA) is 86.7 Å². The molecule has 1 saturated heterocycles. The van der Waals surface area contributed by atoms with Gasteiger partial charge in [-0.15, -0.1) is 0 Å². The number of rotatable bonds is 5. The van der Waals surface area contributed by atoms with Crippen LogP contribution in [0.1, 0.15) is 18.4 Å². The predicted molar refractivity (Wildman–Crippen MR) is 114 cm³/mol. The first-order chi connectivity index (χ1) is 15.0. The quantitative estimate of drug-likeness (QED) is 0.616. The summed E-state index contributed by atoms with van der Waals surface area (Å²) in [6.07, 6.45) is 0.0671. The van der Waals surface area contributed by atoms with Gasteiger partial charge in [-0.25, -0.2) is 25.6 Å². The highest BCUT2D eigenvalue weighted by molar-refractivity contribution is 7.92. The summed E-state index contributed by atoms with van der Waals surface area (Å²) >= 11 is 5.92. The Morgan fingerprint density at radius 3 is 2.38 bits per heavy atom. The number of hydrogen-bond acceptors (Lipinski definition) is 6. The summed E-state index contributed by atoms with van der Waals surface area (Å²) in [5.74, 6) is -3.42. The number of fused-ring (bicyclic) bond motifs is 3. The molecular weight excluding hydrogens is 486 g/mol. The maximum atomic E-state index is 15.2. The highest BCUT2D eigenvalue weighted by Gasteiger charge is 2.61. The summed E-state index contributed by atoms with van der Waals surface area (Å²) in [5.41, 5.74) is -0.378. The molecule has 0 spiro atoms. The average Bonchev–Trinajstić information content (AvgIpc) is 2.73. The molecule has 2 heterocycles. The lowest BCUT2D eigenvalue weighted by Gasteiger charge is -2.50. The van der Waals surface area contributed by atoms with Crippen LogP contribution in [0.4, 0.5) is 8.78 Å². The fourth-order valence-corrected chi connectivity index (χ4v) is 7.80. The zero-order valence-corrected chi connectivity index (χ0v) is 19.4. The van der Waals surface area contributed by atoms with E-state index < -0.39 is 53.8 Å². The lowest BCUT2D eigenvalue weighted by molar-refractivity contribution is -0.0732. The van der Waals surface area contributed by atoms with Gasteiger partial charge < -0.3 is 9.47 Å². The molecule has 2 aromatic rings. The largest absolute Gasteiger partial charge is 0.490 e. The van der Waals surface area contributed by atoms with E-state index in [9.17, 15) is 21.2 Å². The van der Waals surface area contributed by atoms with Gasteiger partial charge in [0, 0.05) is 23.8 Å². The molecule has 32 heavy (non-hydrogen) atoms. The standard InChI is InChI=1S/C21H21ClF2O6S2/c1-31(25,26)11-8-18-15-12-30-20-17(24)7-6-16(23)19(20)21(15,9-10-29-18)32(27,28)14-4-2-13(22)3-5-14/h2-7,15,18H,8-12H2,1H3/t15?,18?,21-/m0/s1. The van der Waals surface area contributed by atoms with Gasteiger partial charge in [-0.1, -0.05) is 11.6 Å². The third kappa shape index (κ3) is 3.81. The molecule has 0 N–H and O–H groups in total. The van der Waals surface area contributed by atoms with Crippen molar-refractivity contribution in [3.8, 4) is 5.75 Å². The van der Waals surface area contributed by atoms with Crippen LogP contribution in [0.2, 0.25) is 5.02 Å². The predicted octanol–water partition coefficient (Wildman–Crippen LogP) is 3.52. The van der Waals surface area contributed by atoms with Crippen LogP contribution in [0.5, 0.6) is 5.75 Å². The summed E-state index contributed by atoms with van der Waals surface area (Å²) < 4.78 is 90.8. The number of halogens is 3. The molecule has 0 aromatic heterocycles. The minimum Gasteiger partial charge on any atom is -0.490 e. The normalized spacial score (nSPS) is 25.5. The molecule has 0 saturated carbocycles. The van der Waals surface area contributed by atoms with Crippen LogP contribution in [0.25, 0.3) is 0 Å². The molecule has 4 rings (SSSR count). The van der Waals surface area contributed by atoms with Crippen LogP contribution < -0.4 is 4.74 Å². The van der Waals surface area contributed by atoms with Crippen LogP contribution in [-0.2, 0) is 29.2 Å². The number of ether oxygens (including phenoxy) is 2. The molecule has 3 atom stereocenters. The zero-order valence-electron chi connectivity index (χ0n) is 17.1. The highest BCUT2D eigenvalue weighted by Crippen LogP contribution is 2.55. The molecule has 2 aliphatic rings. The van der Waals surface area contributed by atoms with Gasteiger partial charge in [0.2, 0.25) is 0 Å². The van der Waals surface area contributed by atoms with Gasteiger partial charge in [-0.3, -0.25) is 0 Å². The molecule has 174 valence electrons. The maximum absolute atomic E-state index is 15.2. The molecule has 1 fully saturated rings. The Bertz CT molecular complexity index is 1250. The van der Waals surface area contributed by atoms with Gasteiger partial charge in [0.15, 0.2) is 21.4 Å². The molecule has 0 radical (unpaired) electrons. The van der Waals surface area contributed by atoms with Crippen LogP contribution >= 0.6 is 11.6 Å². The minimum absolute atomic E-state index is 0.00296. The first-order valence-corrected chi connectivity index (χ1v) is 13.8. The van der Waals surface area contributed by atoms with E-state index in [0.717, 1.165) is 18.4 Å². The van der Waals surface area contributed by atoms with E-state index in [0.29, 0.717) is 5.02 Å². The summed E-state index contributed by atoms with van der Waals surface area (Å²) in [4.78, 5) is -0.104. The number of sulfone groups is 2. The van der Waals surface area contributed by atoms with Crippen LogP contribution in [0.15, 0.2) is 41.3 Å². The Morgan fingerprint density at radius 1 is 1.06 bits per heavy atom. The van der Waals surface area contributed by atoms with E-state index in [2.05, 4.69) is 0 Å². The molecule has 6 nitrogen and oxygen atoms in total. The fraction of sp³-hybridized carbons (Fsp3) is 0.429. The van der Waals surface area contributed by atoms with Crippen molar-refractivity contribution in [3.63, 3.8) is 0 Å². The molecule has 0 amide bonds. The van der Waals surface area contributed by atoms with Crippen molar-refractivity contribution in [1.82, 2.24) is 0 Å². The number of benzene rings is 2. The second-order valence-electron chi connectivity index (χ2n) is 8.08. The Kier molecular flexibility index (Phi) is 6.02. The SMILES string of the molecule is CS(=O)(=O)CCC1OCC[C@@]2(S(=O)(=O)c3ccc(Cl)cc3)c3c(F)ccc(F)c3OCC12. The van der Waals surface area contributed by atoms with E-state index in [1.165, 1.54) is 24.3 Å². The Labute approximate surface area is 190 Å². The van der Waals surface area contributed by atoms with Crippen molar-refractivity contribution < 1.29 is 35.1 Å². The number of hydrogen-bond donors (Lipinski definition) is 0. The summed E-state index contributed by atoms with van der Waals surface area (Å²) in [5, 5.41) is 0.320. The van der Waals surface area contributed by atoms with Crippen LogP contribution in [-0.4, -0.2) is 48.2 Å². The molecule has 0 bridgehead atoms. The molecule has 2 unspecified atom stereocenters. The van der Waals surface area contributed by atoms with Crippen molar-refractivity contribution in [2.75, 3.05) is 25.2 Å². The molecule has 2 aromatic carbocycles. The van der Waals surface area contributed by atoms with Crippen molar-refractivity contribution in [2.24, 2.45) is 5.92 Å². The van der Waals surface area contributed by atoms with E-state index in [-0.39, 0.29) is 42.3 Å². The summed E-state index contributed by atoms with van der Waals surface area (Å²) in [6.45, 7) is -0.345. The smallest absolute Gasteiger partial charge is 0.189 e. The lowest BCUT2D eigenvalue weighted by atomic mass is 9.75. The van der Waals surface area contributed by atoms with Crippen molar-refractivity contribution in [1.29, 1.82) is 0 Å². The second kappa shape index (κ2) is 8.23. The van der Waals surface area contributed by atoms with E-state index in [4.69, 9.17) is 21.1 Å². The fourth-order valence-electron chi connectivity index (χ4n) is 4.66. The Hall–Kier alpha value is -1.75. The van der Waals surface area contributed by atoms with Crippen LogP contribution in [0.3, 0.4) is 0 Å². The minimum atomic E-state index is -4.31. The van der Waals surface area contributed by atoms with Gasteiger partial charge in [0.05, 0.1) is 28.9 Å². The van der Waals surface area contributed by atoms with Crippen molar-refractivity contribution in [2.45, 2.75) is 28.6 Å². The van der Waals surface area contributed by atoms with Crippen molar-refractivity contribution >= 4 is 31.3 Å². The van der Waals surface area contributed by atoms with Gasteiger partial charge >= 0.3 is 0 Å². The zero-order chi connectivity index (χ0) is 23.3. The first-order valence-electron chi connectivity index (χ1n) is 9.88. The summed E-state index contributed by atoms with van der Waals surface area (Å²) in [6, 6.07) is 7.20. The third-order valence-electron chi connectivity index (χ3n) is 6.12. The molecule has 2 aliphatic heterocycles. The van der Waals surface area contributed by atoms with Gasteiger partial charge in [-0.05, 0) is 49.2 Å². The molecular formula is C21H21ClF2O6S2. The monoisotopic (exact) mass is 506 g/mol. The summed E-state index contributed by atoms with van der Waals surface area (Å²) in [7, 11) is -7.68. The first kappa shape index (κ1) is 23.4. The highest BCUT2D eigenvalue weighted by atomic mass is 35.5. The molecule has 11 heteroatoms. The Balaban J connectivity index is 1.95. The van der Waals surface area contributed by atoms with Gasteiger partial charge in [-0.2, -0.15) is 0 Å². The second-order valence-corrected chi connectivity index (χ2v) is 13.0. The lowest BCUT2D eigenvalue weighted by Crippen LogP contribution is -2.57. The van der Waals surface area contributed by atoms with Crippen LogP contribution in [0, 0.1) is 17.6 Å². The van der Waals surface area contributed by atoms with E-state index >= 15 is 4.39 Å². The van der Waals surface area contributed by atoms with E-state index in [1.807, 2.05) is 0 Å². The third-order valence-corrected chi connectivity index (χ3v) is 9.91. The molecule has 0 aliphatic carbocycles.